The molecule has 0 unspecified atom stereocenters. The number of anilines is 1. The van der Waals surface area contributed by atoms with Gasteiger partial charge in [0.05, 0.1) is 6.61 Å². The molecule has 5 nitrogen and oxygen atoms in total. The topological polar surface area (TPSA) is 61.8 Å². The predicted molar refractivity (Wildman–Crippen MR) is 95.7 cm³/mol. The Morgan fingerprint density at radius 3 is 2.75 bits per heavy atom. The fraction of sp³-hybridized carbons (Fsp3) is 0.278. The number of urea groups is 1. The number of carbonyl (C=O) groups excluding carboxylic acids is 1. The number of amides is 2. The Kier molecular flexibility index (Phi) is 6.46. The number of nitrogens with one attached hydrogen (secondary N) is 1. The molecule has 2 aromatic rings. The minimum atomic E-state index is -0.264. The van der Waals surface area contributed by atoms with Gasteiger partial charge in [-0.05, 0) is 48.4 Å². The summed E-state index contributed by atoms with van der Waals surface area (Å²) < 4.78 is 5.76. The maximum atomic E-state index is 11.9. The second-order valence-electron chi connectivity index (χ2n) is 5.47. The highest BCUT2D eigenvalue weighted by molar-refractivity contribution is 6.30. The molecule has 6 heteroatoms. The molecule has 0 aromatic heterocycles. The van der Waals surface area contributed by atoms with Crippen LogP contribution in [0.1, 0.15) is 11.1 Å². The Morgan fingerprint density at radius 2 is 2.08 bits per heavy atom. The third-order valence-electron chi connectivity index (χ3n) is 3.52. The van der Waals surface area contributed by atoms with Crippen molar-refractivity contribution in [3.05, 3.63) is 58.6 Å². The van der Waals surface area contributed by atoms with Gasteiger partial charge in [-0.25, -0.2) is 4.79 Å². The van der Waals surface area contributed by atoms with Gasteiger partial charge in [-0.1, -0.05) is 23.7 Å². The molecule has 0 spiro atoms. The maximum Gasteiger partial charge on any atom is 0.321 e. The maximum absolute atomic E-state index is 11.9. The van der Waals surface area contributed by atoms with Crippen molar-refractivity contribution in [3.8, 4) is 5.75 Å². The van der Waals surface area contributed by atoms with Crippen LogP contribution in [0, 0.1) is 6.92 Å². The zero-order valence-corrected chi connectivity index (χ0v) is 14.5. The Morgan fingerprint density at radius 1 is 1.29 bits per heavy atom. The van der Waals surface area contributed by atoms with Gasteiger partial charge in [0.1, 0.15) is 12.4 Å². The molecule has 2 aromatic carbocycles. The van der Waals surface area contributed by atoms with Gasteiger partial charge in [-0.3, -0.25) is 0 Å². The number of rotatable bonds is 6. The van der Waals surface area contributed by atoms with Crippen molar-refractivity contribution in [2.24, 2.45) is 0 Å². The van der Waals surface area contributed by atoms with Gasteiger partial charge in [0.2, 0.25) is 0 Å². The van der Waals surface area contributed by atoms with Crippen LogP contribution >= 0.6 is 11.6 Å². The van der Waals surface area contributed by atoms with E-state index in [1.54, 1.807) is 19.2 Å². The normalized spacial score (nSPS) is 10.3. The van der Waals surface area contributed by atoms with Crippen LogP contribution in [0.2, 0.25) is 5.02 Å². The van der Waals surface area contributed by atoms with Crippen molar-refractivity contribution in [1.82, 2.24) is 4.90 Å². The van der Waals surface area contributed by atoms with E-state index in [9.17, 15) is 4.79 Å². The van der Waals surface area contributed by atoms with E-state index < -0.39 is 0 Å². The Hall–Kier alpha value is -2.24. The number of aliphatic hydroxyl groups excluding tert-OH is 1. The van der Waals surface area contributed by atoms with Crippen LogP contribution in [0.5, 0.6) is 5.75 Å². The van der Waals surface area contributed by atoms with Crippen LogP contribution in [0.4, 0.5) is 10.5 Å². The molecule has 0 fully saturated rings. The van der Waals surface area contributed by atoms with Gasteiger partial charge in [0.15, 0.2) is 0 Å². The standard InChI is InChI=1S/C18H21ClN2O3/c1-13-10-16(24-12-14-4-3-5-15(19)11-14)6-7-17(13)20-18(23)21(2)8-9-22/h3-7,10-11,22H,8-9,12H2,1-2H3,(H,20,23). The number of nitrogens with zero attached hydrogens (tertiary/aromatic N) is 1. The van der Waals surface area contributed by atoms with Crippen LogP contribution < -0.4 is 10.1 Å². The minimum Gasteiger partial charge on any atom is -0.489 e. The average molecular weight is 349 g/mol. The van der Waals surface area contributed by atoms with Gasteiger partial charge >= 0.3 is 6.03 Å². The summed E-state index contributed by atoms with van der Waals surface area (Å²) in [6.07, 6.45) is 0. The van der Waals surface area contributed by atoms with E-state index in [-0.39, 0.29) is 19.2 Å². The highest BCUT2D eigenvalue weighted by atomic mass is 35.5. The third kappa shape index (κ3) is 5.15. The largest absolute Gasteiger partial charge is 0.489 e. The van der Waals surface area contributed by atoms with Crippen molar-refractivity contribution >= 4 is 23.3 Å². The van der Waals surface area contributed by atoms with Crippen molar-refractivity contribution in [1.29, 1.82) is 0 Å². The Balaban J connectivity index is 1.97. The molecule has 0 aliphatic heterocycles. The molecule has 0 saturated heterocycles. The highest BCUT2D eigenvalue weighted by Gasteiger charge is 2.10. The zero-order chi connectivity index (χ0) is 17.5. The molecular formula is C18H21ClN2O3. The number of halogens is 1. The van der Waals surface area contributed by atoms with Gasteiger partial charge in [-0.2, -0.15) is 0 Å². The third-order valence-corrected chi connectivity index (χ3v) is 3.75. The number of hydrogen-bond donors (Lipinski definition) is 2. The molecule has 0 aliphatic carbocycles. The lowest BCUT2D eigenvalue weighted by Crippen LogP contribution is -2.33. The summed E-state index contributed by atoms with van der Waals surface area (Å²) in [5, 5.41) is 12.4. The monoisotopic (exact) mass is 348 g/mol. The number of carbonyl (C=O) groups is 1. The number of aliphatic hydroxyl groups is 1. The molecule has 0 bridgehead atoms. The Labute approximate surface area is 146 Å². The molecule has 24 heavy (non-hydrogen) atoms. The van der Waals surface area contributed by atoms with E-state index in [1.165, 1.54) is 4.90 Å². The van der Waals surface area contributed by atoms with Gasteiger partial charge in [0.25, 0.3) is 0 Å². The van der Waals surface area contributed by atoms with Crippen molar-refractivity contribution in [2.75, 3.05) is 25.5 Å². The summed E-state index contributed by atoms with van der Waals surface area (Å²) in [5.41, 5.74) is 2.59. The fourth-order valence-corrected chi connectivity index (χ4v) is 2.33. The summed E-state index contributed by atoms with van der Waals surface area (Å²) in [7, 11) is 1.63. The smallest absolute Gasteiger partial charge is 0.321 e. The van der Waals surface area contributed by atoms with E-state index in [1.807, 2.05) is 37.3 Å². The lowest BCUT2D eigenvalue weighted by atomic mass is 10.2. The lowest BCUT2D eigenvalue weighted by Gasteiger charge is -2.18. The van der Waals surface area contributed by atoms with E-state index >= 15 is 0 Å². The first-order chi connectivity index (χ1) is 11.5. The molecule has 128 valence electrons. The molecule has 0 radical (unpaired) electrons. The summed E-state index contributed by atoms with van der Waals surface area (Å²) in [4.78, 5) is 13.4. The SMILES string of the molecule is Cc1cc(OCc2cccc(Cl)c2)ccc1NC(=O)N(C)CCO. The molecule has 2 N–H and O–H groups in total. The zero-order valence-electron chi connectivity index (χ0n) is 13.8. The predicted octanol–water partition coefficient (Wildman–Crippen LogP) is 3.68. The second kappa shape index (κ2) is 8.57. The summed E-state index contributed by atoms with van der Waals surface area (Å²) in [6, 6.07) is 12.7. The molecule has 0 saturated carbocycles. The van der Waals surface area contributed by atoms with Crippen LogP contribution in [-0.2, 0) is 6.61 Å². The molecule has 2 amide bonds. The van der Waals surface area contributed by atoms with Crippen LogP contribution in [-0.4, -0.2) is 36.2 Å². The first-order valence-electron chi connectivity index (χ1n) is 7.60. The van der Waals surface area contributed by atoms with Crippen LogP contribution in [0.3, 0.4) is 0 Å². The van der Waals surface area contributed by atoms with Crippen LogP contribution in [0.25, 0.3) is 0 Å². The first kappa shape index (κ1) is 18.1. The molecule has 0 aliphatic rings. The molecule has 0 heterocycles. The Bertz CT molecular complexity index is 706. The summed E-state index contributed by atoms with van der Waals surface area (Å²) in [5.74, 6) is 0.717. The number of likely N-dealkylation sites (N-methyl/N-ethyl adjacent to an activating group) is 1. The van der Waals surface area contributed by atoms with Crippen molar-refractivity contribution < 1.29 is 14.6 Å². The second-order valence-corrected chi connectivity index (χ2v) is 5.91. The summed E-state index contributed by atoms with van der Waals surface area (Å²) >= 11 is 5.95. The summed E-state index contributed by atoms with van der Waals surface area (Å²) in [6.45, 7) is 2.53. The van der Waals surface area contributed by atoms with Crippen LogP contribution in [0.15, 0.2) is 42.5 Å². The first-order valence-corrected chi connectivity index (χ1v) is 7.98. The van der Waals surface area contributed by atoms with E-state index in [0.29, 0.717) is 23.1 Å². The fourth-order valence-electron chi connectivity index (χ4n) is 2.12. The highest BCUT2D eigenvalue weighted by Crippen LogP contribution is 2.23. The number of aryl methyl sites for hydroxylation is 1. The number of benzene rings is 2. The molecule has 2 rings (SSSR count). The molecular weight excluding hydrogens is 328 g/mol. The number of ether oxygens (including phenoxy) is 1. The van der Waals surface area contributed by atoms with E-state index in [2.05, 4.69) is 5.32 Å². The van der Waals surface area contributed by atoms with Crippen molar-refractivity contribution in [2.45, 2.75) is 13.5 Å². The van der Waals surface area contributed by atoms with Gasteiger partial charge in [0, 0.05) is 24.3 Å². The minimum absolute atomic E-state index is 0.0703. The quantitative estimate of drug-likeness (QED) is 0.837. The van der Waals surface area contributed by atoms with E-state index in [0.717, 1.165) is 11.1 Å². The van der Waals surface area contributed by atoms with Gasteiger partial charge in [-0.15, -0.1) is 0 Å². The van der Waals surface area contributed by atoms with Gasteiger partial charge < -0.3 is 20.1 Å². The number of hydrogen-bond acceptors (Lipinski definition) is 3. The van der Waals surface area contributed by atoms with E-state index in [4.69, 9.17) is 21.4 Å². The molecule has 0 atom stereocenters. The lowest BCUT2D eigenvalue weighted by molar-refractivity contribution is 0.202. The van der Waals surface area contributed by atoms with Crippen molar-refractivity contribution in [3.63, 3.8) is 0 Å². The average Bonchev–Trinajstić information content (AvgIpc) is 2.55.